The molecule has 2 rings (SSSR count). The summed E-state index contributed by atoms with van der Waals surface area (Å²) in [4.78, 5) is 4.25. The van der Waals surface area contributed by atoms with Crippen LogP contribution in [0.1, 0.15) is 31.4 Å². The van der Waals surface area contributed by atoms with Gasteiger partial charge in [0.2, 0.25) is 0 Å². The largest absolute Gasteiger partial charge is 0.367 e. The zero-order valence-corrected chi connectivity index (χ0v) is 10.8. The molecule has 0 radical (unpaired) electrons. The van der Waals surface area contributed by atoms with Crippen molar-refractivity contribution in [1.82, 2.24) is 4.98 Å². The first kappa shape index (κ1) is 12.3. The molecule has 4 heteroatoms. The van der Waals surface area contributed by atoms with Crippen LogP contribution >= 0.6 is 11.8 Å². The van der Waals surface area contributed by atoms with Crippen molar-refractivity contribution in [2.75, 3.05) is 11.6 Å². The molecule has 0 aromatic carbocycles. The van der Waals surface area contributed by atoms with Gasteiger partial charge in [-0.3, -0.25) is 0 Å². The van der Waals surface area contributed by atoms with E-state index < -0.39 is 0 Å². The molecule has 90 valence electrons. The minimum absolute atomic E-state index is 0.479. The first-order valence-electron chi connectivity index (χ1n) is 5.98. The molecule has 0 aliphatic heterocycles. The second kappa shape index (κ2) is 5.92. The highest BCUT2D eigenvalue weighted by molar-refractivity contribution is 7.99. The van der Waals surface area contributed by atoms with Crippen molar-refractivity contribution in [2.24, 2.45) is 0 Å². The standard InChI is InChI=1S/C13H17N3S/c1-17-12-7-5-10(6-8-12)15-13-4-2-3-11(9-14)16-13/h2-4,10,12H,5-8H2,1H3,(H,15,16). The SMILES string of the molecule is CSC1CCC(Nc2cccc(C#N)n2)CC1. The third-order valence-electron chi connectivity index (χ3n) is 3.22. The molecule has 3 nitrogen and oxygen atoms in total. The summed E-state index contributed by atoms with van der Waals surface area (Å²) in [5, 5.41) is 13.0. The fourth-order valence-electron chi connectivity index (χ4n) is 2.23. The molecule has 1 aliphatic rings. The number of hydrogen-bond donors (Lipinski definition) is 1. The zero-order chi connectivity index (χ0) is 12.1. The zero-order valence-electron chi connectivity index (χ0n) is 10.0. The van der Waals surface area contributed by atoms with Gasteiger partial charge in [-0.15, -0.1) is 0 Å². The summed E-state index contributed by atoms with van der Waals surface area (Å²) in [6.45, 7) is 0. The highest BCUT2D eigenvalue weighted by atomic mass is 32.2. The molecular formula is C13H17N3S. The van der Waals surface area contributed by atoms with Crippen LogP contribution in [0.15, 0.2) is 18.2 Å². The Hall–Kier alpha value is -1.21. The predicted molar refractivity (Wildman–Crippen MR) is 72.1 cm³/mol. The quantitative estimate of drug-likeness (QED) is 0.892. The topological polar surface area (TPSA) is 48.7 Å². The van der Waals surface area contributed by atoms with Gasteiger partial charge in [0.25, 0.3) is 0 Å². The molecule has 17 heavy (non-hydrogen) atoms. The van der Waals surface area contributed by atoms with Crippen LogP contribution in [0.25, 0.3) is 0 Å². The Kier molecular flexibility index (Phi) is 4.27. The van der Waals surface area contributed by atoms with Gasteiger partial charge in [-0.1, -0.05) is 6.07 Å². The number of rotatable bonds is 3. The minimum Gasteiger partial charge on any atom is -0.367 e. The number of pyridine rings is 1. The van der Waals surface area contributed by atoms with E-state index in [1.807, 2.05) is 23.9 Å². The summed E-state index contributed by atoms with van der Waals surface area (Å²) < 4.78 is 0. The molecule has 1 N–H and O–H groups in total. The van der Waals surface area contributed by atoms with Crippen molar-refractivity contribution in [3.05, 3.63) is 23.9 Å². The molecule has 0 unspecified atom stereocenters. The summed E-state index contributed by atoms with van der Waals surface area (Å²) in [5.41, 5.74) is 0.479. The monoisotopic (exact) mass is 247 g/mol. The predicted octanol–water partition coefficient (Wildman–Crippen LogP) is 3.04. The number of nitrogens with one attached hydrogen (secondary N) is 1. The van der Waals surface area contributed by atoms with Crippen molar-refractivity contribution in [1.29, 1.82) is 5.26 Å². The van der Waals surface area contributed by atoms with Crippen molar-refractivity contribution in [3.63, 3.8) is 0 Å². The van der Waals surface area contributed by atoms with Crippen LogP contribution in [0.3, 0.4) is 0 Å². The maximum atomic E-state index is 8.79. The summed E-state index contributed by atoms with van der Waals surface area (Å²) in [6.07, 6.45) is 7.14. The van der Waals surface area contributed by atoms with E-state index in [-0.39, 0.29) is 0 Å². The lowest BCUT2D eigenvalue weighted by Crippen LogP contribution is -2.27. The summed E-state index contributed by atoms with van der Waals surface area (Å²) in [6, 6.07) is 8.12. The molecule has 0 bridgehead atoms. The highest BCUT2D eigenvalue weighted by Gasteiger charge is 2.20. The lowest BCUT2D eigenvalue weighted by atomic mass is 9.95. The van der Waals surface area contributed by atoms with Gasteiger partial charge in [-0.25, -0.2) is 4.98 Å². The van der Waals surface area contributed by atoms with E-state index in [2.05, 4.69) is 22.6 Å². The Morgan fingerprint density at radius 3 is 2.76 bits per heavy atom. The molecule has 0 amide bonds. The maximum absolute atomic E-state index is 8.79. The molecule has 1 heterocycles. The Balaban J connectivity index is 1.91. The number of thioether (sulfide) groups is 1. The van der Waals surface area contributed by atoms with Gasteiger partial charge in [0.1, 0.15) is 17.6 Å². The Morgan fingerprint density at radius 2 is 2.12 bits per heavy atom. The van der Waals surface area contributed by atoms with Gasteiger partial charge in [-0.2, -0.15) is 17.0 Å². The van der Waals surface area contributed by atoms with Gasteiger partial charge < -0.3 is 5.32 Å². The summed E-state index contributed by atoms with van der Waals surface area (Å²) in [7, 11) is 0. The van der Waals surface area contributed by atoms with E-state index in [9.17, 15) is 0 Å². The molecule has 1 saturated carbocycles. The van der Waals surface area contributed by atoms with Gasteiger partial charge >= 0.3 is 0 Å². The highest BCUT2D eigenvalue weighted by Crippen LogP contribution is 2.28. The normalized spacial score (nSPS) is 24.0. The van der Waals surface area contributed by atoms with Crippen molar-refractivity contribution < 1.29 is 0 Å². The van der Waals surface area contributed by atoms with Crippen LogP contribution in [-0.4, -0.2) is 22.5 Å². The first-order chi connectivity index (χ1) is 8.31. The van der Waals surface area contributed by atoms with E-state index >= 15 is 0 Å². The second-order valence-corrected chi connectivity index (χ2v) is 5.51. The van der Waals surface area contributed by atoms with Crippen LogP contribution in [0, 0.1) is 11.3 Å². The molecule has 1 fully saturated rings. The van der Waals surface area contributed by atoms with Crippen molar-refractivity contribution in [2.45, 2.75) is 37.0 Å². The van der Waals surface area contributed by atoms with Crippen LogP contribution in [0.5, 0.6) is 0 Å². The molecular weight excluding hydrogens is 230 g/mol. The third kappa shape index (κ3) is 3.37. The van der Waals surface area contributed by atoms with Gasteiger partial charge in [-0.05, 0) is 44.1 Å². The Bertz CT molecular complexity index is 405. The number of nitriles is 1. The van der Waals surface area contributed by atoms with E-state index in [1.54, 1.807) is 6.07 Å². The molecule has 0 atom stereocenters. The molecule has 1 aromatic rings. The number of hydrogen-bond acceptors (Lipinski definition) is 4. The number of aromatic nitrogens is 1. The average Bonchev–Trinajstić information content (AvgIpc) is 2.40. The first-order valence-corrected chi connectivity index (χ1v) is 7.27. The van der Waals surface area contributed by atoms with Gasteiger partial charge in [0, 0.05) is 11.3 Å². The molecule has 1 aromatic heterocycles. The second-order valence-electron chi connectivity index (χ2n) is 4.37. The van der Waals surface area contributed by atoms with Crippen molar-refractivity contribution >= 4 is 17.6 Å². The van der Waals surface area contributed by atoms with Crippen LogP contribution in [0.4, 0.5) is 5.82 Å². The van der Waals surface area contributed by atoms with E-state index in [1.165, 1.54) is 25.7 Å². The number of nitrogens with zero attached hydrogens (tertiary/aromatic N) is 2. The van der Waals surface area contributed by atoms with Crippen LogP contribution in [-0.2, 0) is 0 Å². The smallest absolute Gasteiger partial charge is 0.142 e. The maximum Gasteiger partial charge on any atom is 0.142 e. The van der Waals surface area contributed by atoms with Crippen molar-refractivity contribution in [3.8, 4) is 6.07 Å². The van der Waals surface area contributed by atoms with Crippen LogP contribution < -0.4 is 5.32 Å². The van der Waals surface area contributed by atoms with Gasteiger partial charge in [0.05, 0.1) is 0 Å². The molecule has 0 spiro atoms. The van der Waals surface area contributed by atoms with E-state index in [0.717, 1.165) is 11.1 Å². The number of anilines is 1. The lowest BCUT2D eigenvalue weighted by molar-refractivity contribution is 0.472. The average molecular weight is 247 g/mol. The molecule has 1 aliphatic carbocycles. The molecule has 0 saturated heterocycles. The van der Waals surface area contributed by atoms with Crippen LogP contribution in [0.2, 0.25) is 0 Å². The Morgan fingerprint density at radius 1 is 1.35 bits per heavy atom. The Labute approximate surface area is 107 Å². The third-order valence-corrected chi connectivity index (χ3v) is 4.36. The minimum atomic E-state index is 0.479. The summed E-state index contributed by atoms with van der Waals surface area (Å²) in [5.74, 6) is 0.830. The van der Waals surface area contributed by atoms with Gasteiger partial charge in [0.15, 0.2) is 0 Å². The fraction of sp³-hybridized carbons (Fsp3) is 0.538. The lowest BCUT2D eigenvalue weighted by Gasteiger charge is -2.28. The van der Waals surface area contributed by atoms with E-state index in [0.29, 0.717) is 11.7 Å². The summed E-state index contributed by atoms with van der Waals surface area (Å²) >= 11 is 1.97. The fourth-order valence-corrected chi connectivity index (χ4v) is 2.97. The van der Waals surface area contributed by atoms with E-state index in [4.69, 9.17) is 5.26 Å².